The smallest absolute Gasteiger partial charge is 0.267 e. The topological polar surface area (TPSA) is 66.7 Å². The molecule has 0 aromatic carbocycles. The zero-order chi connectivity index (χ0) is 19.8. The molecule has 6 nitrogen and oxygen atoms in total. The summed E-state index contributed by atoms with van der Waals surface area (Å²) >= 11 is 6.74. The molecule has 1 aliphatic carbocycles. The van der Waals surface area contributed by atoms with E-state index in [2.05, 4.69) is 10.3 Å². The van der Waals surface area contributed by atoms with E-state index in [1.165, 1.54) is 16.2 Å². The van der Waals surface area contributed by atoms with Gasteiger partial charge in [-0.25, -0.2) is 4.98 Å². The number of fused-ring (bicyclic) bond motifs is 1. The van der Waals surface area contributed by atoms with Crippen molar-refractivity contribution in [3.8, 4) is 0 Å². The monoisotopic (exact) mass is 414 g/mol. The molecule has 1 saturated heterocycles. The lowest BCUT2D eigenvalue weighted by molar-refractivity contribution is -0.123. The standard InChI is InChI=1S/C20H22N4O2S2/c1-3-21-16-14(18(25)23-10-6-7-12(2)17(23)22-16)11-15-19(26)24(20(27)28-15)13-8-4-5-9-13/h6-7,10-11,13,21H,3-5,8-9H2,1-2H3/b15-11+. The van der Waals surface area contributed by atoms with Crippen LogP contribution in [0.1, 0.15) is 43.7 Å². The second kappa shape index (κ2) is 7.67. The molecule has 1 saturated carbocycles. The Kier molecular flexibility index (Phi) is 5.25. The quantitative estimate of drug-likeness (QED) is 0.609. The molecule has 146 valence electrons. The number of aryl methyl sites for hydroxylation is 1. The SMILES string of the molecule is CCNc1nc2c(C)cccn2c(=O)c1/C=C1/SC(=S)N(C2CCCC2)C1=O. The molecule has 1 N–H and O–H groups in total. The summed E-state index contributed by atoms with van der Waals surface area (Å²) < 4.78 is 2.11. The molecule has 8 heteroatoms. The van der Waals surface area contributed by atoms with Crippen LogP contribution in [0, 0.1) is 6.92 Å². The van der Waals surface area contributed by atoms with Gasteiger partial charge in [0.25, 0.3) is 11.5 Å². The second-order valence-corrected chi connectivity index (χ2v) is 8.76. The average molecular weight is 415 g/mol. The highest BCUT2D eigenvalue weighted by Crippen LogP contribution is 2.38. The van der Waals surface area contributed by atoms with Crippen LogP contribution in [0.5, 0.6) is 0 Å². The van der Waals surface area contributed by atoms with Gasteiger partial charge in [-0.1, -0.05) is 42.9 Å². The van der Waals surface area contributed by atoms with Crippen molar-refractivity contribution in [2.75, 3.05) is 11.9 Å². The van der Waals surface area contributed by atoms with Gasteiger partial charge in [0.2, 0.25) is 0 Å². The molecule has 2 aliphatic rings. The Balaban J connectivity index is 1.81. The van der Waals surface area contributed by atoms with Crippen molar-refractivity contribution in [3.05, 3.63) is 44.7 Å². The van der Waals surface area contributed by atoms with Gasteiger partial charge in [-0.05, 0) is 44.4 Å². The fraction of sp³-hybridized carbons (Fsp3) is 0.400. The normalized spacial score (nSPS) is 19.4. The Morgan fingerprint density at radius 2 is 2.11 bits per heavy atom. The van der Waals surface area contributed by atoms with Crippen LogP contribution in [0.2, 0.25) is 0 Å². The Morgan fingerprint density at radius 1 is 1.36 bits per heavy atom. The number of amides is 1. The zero-order valence-corrected chi connectivity index (χ0v) is 17.5. The first kappa shape index (κ1) is 19.1. The summed E-state index contributed by atoms with van der Waals surface area (Å²) in [4.78, 5) is 33.0. The van der Waals surface area contributed by atoms with Crippen molar-refractivity contribution in [1.29, 1.82) is 0 Å². The highest BCUT2D eigenvalue weighted by Gasteiger charge is 2.38. The zero-order valence-electron chi connectivity index (χ0n) is 15.9. The van der Waals surface area contributed by atoms with Gasteiger partial charge in [0, 0.05) is 18.8 Å². The van der Waals surface area contributed by atoms with E-state index < -0.39 is 0 Å². The Morgan fingerprint density at radius 3 is 2.82 bits per heavy atom. The van der Waals surface area contributed by atoms with E-state index in [1.54, 1.807) is 17.2 Å². The maximum atomic E-state index is 13.2. The molecule has 0 spiro atoms. The largest absolute Gasteiger partial charge is 0.370 e. The van der Waals surface area contributed by atoms with Gasteiger partial charge in [-0.15, -0.1) is 0 Å². The summed E-state index contributed by atoms with van der Waals surface area (Å²) in [6.07, 6.45) is 7.58. The van der Waals surface area contributed by atoms with E-state index in [1.807, 2.05) is 26.0 Å². The van der Waals surface area contributed by atoms with E-state index in [0.29, 0.717) is 32.8 Å². The average Bonchev–Trinajstić information content (AvgIpc) is 3.27. The van der Waals surface area contributed by atoms with Crippen LogP contribution >= 0.6 is 24.0 Å². The van der Waals surface area contributed by atoms with Crippen molar-refractivity contribution < 1.29 is 4.79 Å². The van der Waals surface area contributed by atoms with Crippen LogP contribution in [0.3, 0.4) is 0 Å². The fourth-order valence-corrected chi connectivity index (χ4v) is 5.21. The minimum absolute atomic E-state index is 0.0990. The van der Waals surface area contributed by atoms with Crippen LogP contribution in [0.25, 0.3) is 11.7 Å². The highest BCUT2D eigenvalue weighted by molar-refractivity contribution is 8.26. The van der Waals surface area contributed by atoms with Crippen LogP contribution in [0.4, 0.5) is 5.82 Å². The van der Waals surface area contributed by atoms with Gasteiger partial charge >= 0.3 is 0 Å². The van der Waals surface area contributed by atoms with Crippen molar-refractivity contribution in [1.82, 2.24) is 14.3 Å². The lowest BCUT2D eigenvalue weighted by atomic mass is 10.2. The maximum Gasteiger partial charge on any atom is 0.267 e. The molecule has 2 aromatic rings. The summed E-state index contributed by atoms with van der Waals surface area (Å²) in [5, 5.41) is 3.17. The Labute approximate surface area is 173 Å². The number of pyridine rings is 1. The summed E-state index contributed by atoms with van der Waals surface area (Å²) in [5.41, 5.74) is 1.71. The number of rotatable bonds is 4. The number of hydrogen-bond acceptors (Lipinski definition) is 6. The minimum atomic E-state index is -0.198. The van der Waals surface area contributed by atoms with E-state index >= 15 is 0 Å². The minimum Gasteiger partial charge on any atom is -0.370 e. The predicted octanol–water partition coefficient (Wildman–Crippen LogP) is 3.58. The van der Waals surface area contributed by atoms with E-state index in [-0.39, 0.29) is 17.5 Å². The molecule has 3 heterocycles. The van der Waals surface area contributed by atoms with Crippen molar-refractivity contribution in [2.24, 2.45) is 0 Å². The maximum absolute atomic E-state index is 13.2. The van der Waals surface area contributed by atoms with Gasteiger partial charge in [-0.3, -0.25) is 18.9 Å². The number of carbonyl (C=O) groups is 1. The molecule has 1 aliphatic heterocycles. The van der Waals surface area contributed by atoms with Crippen LogP contribution in [0.15, 0.2) is 28.0 Å². The first-order valence-electron chi connectivity index (χ1n) is 9.54. The van der Waals surface area contributed by atoms with Gasteiger partial charge in [-0.2, -0.15) is 0 Å². The summed E-state index contributed by atoms with van der Waals surface area (Å²) in [6, 6.07) is 3.93. The van der Waals surface area contributed by atoms with E-state index in [4.69, 9.17) is 12.2 Å². The Bertz CT molecular complexity index is 1050. The fourth-order valence-electron chi connectivity index (χ4n) is 3.83. The third kappa shape index (κ3) is 3.24. The Hall–Kier alpha value is -2.19. The number of aromatic nitrogens is 2. The summed E-state index contributed by atoms with van der Waals surface area (Å²) in [5.74, 6) is 0.394. The second-order valence-electron chi connectivity index (χ2n) is 7.08. The molecule has 2 aromatic heterocycles. The van der Waals surface area contributed by atoms with Crippen molar-refractivity contribution >= 4 is 51.7 Å². The molecular formula is C20H22N4O2S2. The highest BCUT2D eigenvalue weighted by atomic mass is 32.2. The lowest BCUT2D eigenvalue weighted by Crippen LogP contribution is -2.36. The number of thioether (sulfide) groups is 1. The first-order valence-corrected chi connectivity index (χ1v) is 10.8. The number of hydrogen-bond donors (Lipinski definition) is 1. The molecule has 1 amide bonds. The van der Waals surface area contributed by atoms with E-state index in [9.17, 15) is 9.59 Å². The van der Waals surface area contributed by atoms with E-state index in [0.717, 1.165) is 31.2 Å². The van der Waals surface area contributed by atoms with Gasteiger partial charge in [0.15, 0.2) is 0 Å². The van der Waals surface area contributed by atoms with Crippen LogP contribution in [-0.4, -0.2) is 37.1 Å². The first-order chi connectivity index (χ1) is 13.5. The molecule has 28 heavy (non-hydrogen) atoms. The number of carbonyl (C=O) groups excluding carboxylic acids is 1. The van der Waals surface area contributed by atoms with Crippen LogP contribution < -0.4 is 10.9 Å². The molecule has 0 bridgehead atoms. The molecule has 2 fully saturated rings. The summed E-state index contributed by atoms with van der Waals surface area (Å²) in [6.45, 7) is 4.49. The van der Waals surface area contributed by atoms with Crippen molar-refractivity contribution in [2.45, 2.75) is 45.6 Å². The number of thiocarbonyl (C=S) groups is 1. The third-order valence-electron chi connectivity index (χ3n) is 5.22. The van der Waals surface area contributed by atoms with Crippen LogP contribution in [-0.2, 0) is 4.79 Å². The van der Waals surface area contributed by atoms with Gasteiger partial charge in [0.1, 0.15) is 15.8 Å². The van der Waals surface area contributed by atoms with Gasteiger partial charge in [0.05, 0.1) is 10.5 Å². The lowest BCUT2D eigenvalue weighted by Gasteiger charge is -2.21. The summed E-state index contributed by atoms with van der Waals surface area (Å²) in [7, 11) is 0. The molecular weight excluding hydrogens is 392 g/mol. The number of nitrogens with one attached hydrogen (secondary N) is 1. The number of anilines is 1. The third-order valence-corrected chi connectivity index (χ3v) is 6.55. The van der Waals surface area contributed by atoms with Gasteiger partial charge < -0.3 is 5.32 Å². The number of nitrogens with zero attached hydrogens (tertiary/aromatic N) is 3. The molecule has 4 rings (SSSR count). The molecule has 0 radical (unpaired) electrons. The molecule has 0 unspecified atom stereocenters. The predicted molar refractivity (Wildman–Crippen MR) is 118 cm³/mol. The van der Waals surface area contributed by atoms with Crippen molar-refractivity contribution in [3.63, 3.8) is 0 Å². The molecule has 0 atom stereocenters.